The molecule has 0 aliphatic heterocycles. The SMILES string of the molecule is Cc1cccc(C(=O)NC2CCCC(N)C2)c1. The summed E-state index contributed by atoms with van der Waals surface area (Å²) in [7, 11) is 0. The van der Waals surface area contributed by atoms with Crippen LogP contribution in [0.15, 0.2) is 24.3 Å². The zero-order chi connectivity index (χ0) is 12.3. The van der Waals surface area contributed by atoms with Crippen LogP contribution in [-0.2, 0) is 0 Å². The molecule has 1 aliphatic carbocycles. The summed E-state index contributed by atoms with van der Waals surface area (Å²) in [6.45, 7) is 1.99. The predicted molar refractivity (Wildman–Crippen MR) is 68.9 cm³/mol. The number of amides is 1. The molecule has 0 spiro atoms. The van der Waals surface area contributed by atoms with Gasteiger partial charge in [0.25, 0.3) is 5.91 Å². The molecule has 92 valence electrons. The summed E-state index contributed by atoms with van der Waals surface area (Å²) in [5.74, 6) is 0.0211. The second-order valence-corrected chi connectivity index (χ2v) is 4.97. The quantitative estimate of drug-likeness (QED) is 0.819. The van der Waals surface area contributed by atoms with Crippen molar-refractivity contribution in [2.24, 2.45) is 5.73 Å². The van der Waals surface area contributed by atoms with Crippen LogP contribution in [0.1, 0.15) is 41.6 Å². The van der Waals surface area contributed by atoms with Crippen molar-refractivity contribution in [3.05, 3.63) is 35.4 Å². The van der Waals surface area contributed by atoms with Gasteiger partial charge < -0.3 is 11.1 Å². The Morgan fingerprint density at radius 2 is 2.24 bits per heavy atom. The minimum atomic E-state index is 0.0211. The van der Waals surface area contributed by atoms with Crippen LogP contribution in [0.5, 0.6) is 0 Å². The van der Waals surface area contributed by atoms with E-state index in [2.05, 4.69) is 5.32 Å². The Morgan fingerprint density at radius 1 is 1.41 bits per heavy atom. The molecular formula is C14H20N2O. The molecule has 3 heteroatoms. The number of nitrogens with two attached hydrogens (primary N) is 1. The summed E-state index contributed by atoms with van der Waals surface area (Å²) in [5.41, 5.74) is 7.76. The van der Waals surface area contributed by atoms with E-state index in [9.17, 15) is 4.79 Å². The van der Waals surface area contributed by atoms with E-state index in [1.165, 1.54) is 0 Å². The van der Waals surface area contributed by atoms with E-state index in [-0.39, 0.29) is 18.0 Å². The lowest BCUT2D eigenvalue weighted by molar-refractivity contribution is 0.0925. The van der Waals surface area contributed by atoms with Gasteiger partial charge in [-0.25, -0.2) is 0 Å². The summed E-state index contributed by atoms with van der Waals surface area (Å²) in [6, 6.07) is 8.16. The number of carbonyl (C=O) groups excluding carboxylic acids is 1. The molecule has 2 unspecified atom stereocenters. The van der Waals surface area contributed by atoms with E-state index in [0.29, 0.717) is 0 Å². The van der Waals surface area contributed by atoms with Crippen LogP contribution in [0.2, 0.25) is 0 Å². The molecule has 1 aromatic carbocycles. The van der Waals surface area contributed by atoms with E-state index in [4.69, 9.17) is 5.73 Å². The van der Waals surface area contributed by atoms with Gasteiger partial charge in [-0.15, -0.1) is 0 Å². The number of carbonyl (C=O) groups is 1. The van der Waals surface area contributed by atoms with Crippen molar-refractivity contribution in [1.29, 1.82) is 0 Å². The molecule has 2 atom stereocenters. The summed E-state index contributed by atoms with van der Waals surface area (Å²) in [4.78, 5) is 12.0. The highest BCUT2D eigenvalue weighted by Crippen LogP contribution is 2.17. The predicted octanol–water partition coefficient (Wildman–Crippen LogP) is 1.99. The van der Waals surface area contributed by atoms with E-state index in [1.807, 2.05) is 31.2 Å². The molecule has 1 aliphatic rings. The van der Waals surface area contributed by atoms with Crippen molar-refractivity contribution < 1.29 is 4.79 Å². The maximum Gasteiger partial charge on any atom is 0.251 e. The topological polar surface area (TPSA) is 55.1 Å². The zero-order valence-corrected chi connectivity index (χ0v) is 10.3. The Labute approximate surface area is 102 Å². The second kappa shape index (κ2) is 5.32. The molecule has 2 rings (SSSR count). The Morgan fingerprint density at radius 3 is 2.94 bits per heavy atom. The van der Waals surface area contributed by atoms with Gasteiger partial charge in [0, 0.05) is 17.6 Å². The monoisotopic (exact) mass is 232 g/mol. The van der Waals surface area contributed by atoms with E-state index in [0.717, 1.165) is 36.8 Å². The number of rotatable bonds is 2. The van der Waals surface area contributed by atoms with Gasteiger partial charge in [-0.2, -0.15) is 0 Å². The molecule has 0 bridgehead atoms. The molecule has 0 radical (unpaired) electrons. The van der Waals surface area contributed by atoms with Crippen LogP contribution < -0.4 is 11.1 Å². The minimum Gasteiger partial charge on any atom is -0.349 e. The average Bonchev–Trinajstić information content (AvgIpc) is 2.29. The highest BCUT2D eigenvalue weighted by molar-refractivity contribution is 5.94. The standard InChI is InChI=1S/C14H20N2O/c1-10-4-2-5-11(8-10)14(17)16-13-7-3-6-12(15)9-13/h2,4-5,8,12-13H,3,6-7,9,15H2,1H3,(H,16,17). The van der Waals surface area contributed by atoms with Crippen molar-refractivity contribution in [3.63, 3.8) is 0 Å². The Bertz CT molecular complexity index is 403. The Balaban J connectivity index is 1.97. The smallest absolute Gasteiger partial charge is 0.251 e. The highest BCUT2D eigenvalue weighted by Gasteiger charge is 2.21. The Kier molecular flexibility index (Phi) is 3.79. The maximum atomic E-state index is 12.0. The highest BCUT2D eigenvalue weighted by atomic mass is 16.1. The zero-order valence-electron chi connectivity index (χ0n) is 10.3. The normalized spacial score (nSPS) is 24.4. The lowest BCUT2D eigenvalue weighted by Gasteiger charge is -2.27. The Hall–Kier alpha value is -1.35. The first-order chi connectivity index (χ1) is 8.15. The lowest BCUT2D eigenvalue weighted by atomic mass is 9.91. The van der Waals surface area contributed by atoms with Crippen LogP contribution in [0.25, 0.3) is 0 Å². The van der Waals surface area contributed by atoms with Crippen molar-refractivity contribution >= 4 is 5.91 Å². The van der Waals surface area contributed by atoms with Crippen LogP contribution in [-0.4, -0.2) is 18.0 Å². The third-order valence-electron chi connectivity index (χ3n) is 3.33. The van der Waals surface area contributed by atoms with Gasteiger partial charge in [0.1, 0.15) is 0 Å². The molecule has 3 nitrogen and oxygen atoms in total. The molecule has 3 N–H and O–H groups in total. The third kappa shape index (κ3) is 3.30. The number of hydrogen-bond donors (Lipinski definition) is 2. The van der Waals surface area contributed by atoms with Crippen LogP contribution >= 0.6 is 0 Å². The van der Waals surface area contributed by atoms with Crippen molar-refractivity contribution in [1.82, 2.24) is 5.32 Å². The fraction of sp³-hybridized carbons (Fsp3) is 0.500. The first-order valence-corrected chi connectivity index (χ1v) is 6.28. The first-order valence-electron chi connectivity index (χ1n) is 6.28. The van der Waals surface area contributed by atoms with Gasteiger partial charge in [-0.3, -0.25) is 4.79 Å². The summed E-state index contributed by atoms with van der Waals surface area (Å²) < 4.78 is 0. The molecular weight excluding hydrogens is 212 g/mol. The fourth-order valence-corrected chi connectivity index (χ4v) is 2.41. The fourth-order valence-electron chi connectivity index (χ4n) is 2.41. The van der Waals surface area contributed by atoms with Crippen molar-refractivity contribution in [3.8, 4) is 0 Å². The van der Waals surface area contributed by atoms with E-state index < -0.39 is 0 Å². The minimum absolute atomic E-state index is 0.0211. The molecule has 1 amide bonds. The molecule has 0 saturated heterocycles. The summed E-state index contributed by atoms with van der Waals surface area (Å²) >= 11 is 0. The molecule has 1 fully saturated rings. The molecule has 0 aromatic heterocycles. The lowest BCUT2D eigenvalue weighted by Crippen LogP contribution is -2.42. The molecule has 1 aromatic rings. The average molecular weight is 232 g/mol. The van der Waals surface area contributed by atoms with Gasteiger partial charge in [-0.05, 0) is 44.7 Å². The summed E-state index contributed by atoms with van der Waals surface area (Å²) in [6.07, 6.45) is 4.14. The van der Waals surface area contributed by atoms with E-state index in [1.54, 1.807) is 0 Å². The van der Waals surface area contributed by atoms with Crippen LogP contribution in [0.4, 0.5) is 0 Å². The van der Waals surface area contributed by atoms with Gasteiger partial charge >= 0.3 is 0 Å². The van der Waals surface area contributed by atoms with Crippen LogP contribution in [0, 0.1) is 6.92 Å². The maximum absolute atomic E-state index is 12.0. The molecule has 1 saturated carbocycles. The summed E-state index contributed by atoms with van der Waals surface area (Å²) in [5, 5.41) is 3.07. The van der Waals surface area contributed by atoms with Gasteiger partial charge in [-0.1, -0.05) is 17.7 Å². The number of hydrogen-bond acceptors (Lipinski definition) is 2. The third-order valence-corrected chi connectivity index (χ3v) is 3.33. The van der Waals surface area contributed by atoms with E-state index >= 15 is 0 Å². The number of benzene rings is 1. The van der Waals surface area contributed by atoms with Gasteiger partial charge in [0.05, 0.1) is 0 Å². The van der Waals surface area contributed by atoms with Crippen molar-refractivity contribution in [2.75, 3.05) is 0 Å². The van der Waals surface area contributed by atoms with Crippen LogP contribution in [0.3, 0.4) is 0 Å². The van der Waals surface area contributed by atoms with Crippen molar-refractivity contribution in [2.45, 2.75) is 44.7 Å². The first kappa shape index (κ1) is 12.1. The second-order valence-electron chi connectivity index (χ2n) is 4.97. The van der Waals surface area contributed by atoms with Gasteiger partial charge in [0.2, 0.25) is 0 Å². The molecule has 17 heavy (non-hydrogen) atoms. The van der Waals surface area contributed by atoms with Gasteiger partial charge in [0.15, 0.2) is 0 Å². The number of aryl methyl sites for hydroxylation is 1. The number of nitrogens with one attached hydrogen (secondary N) is 1. The largest absolute Gasteiger partial charge is 0.349 e. The molecule has 0 heterocycles.